The second-order valence-corrected chi connectivity index (χ2v) is 7.80. The number of nitrogens with zero attached hydrogens (tertiary/aromatic N) is 3. The summed E-state index contributed by atoms with van der Waals surface area (Å²) in [6.07, 6.45) is 0. The molecule has 0 spiro atoms. The zero-order chi connectivity index (χ0) is 17.1. The van der Waals surface area contributed by atoms with E-state index in [-0.39, 0.29) is 0 Å². The maximum atomic E-state index is 2.61. The topological polar surface area (TPSA) is 11.4 Å². The Morgan fingerprint density at radius 1 is 0.920 bits per heavy atom. The van der Waals surface area contributed by atoms with Crippen LogP contribution in [0.3, 0.4) is 0 Å². The number of aromatic nitrogens is 1. The van der Waals surface area contributed by atoms with Gasteiger partial charge in [0, 0.05) is 36.2 Å². The molecule has 0 aliphatic carbocycles. The Morgan fingerprint density at radius 3 is 2.52 bits per heavy atom. The number of hydrogen-bond donors (Lipinski definition) is 0. The van der Waals surface area contributed by atoms with Gasteiger partial charge in [0.2, 0.25) is 0 Å². The molecule has 2 aromatic carbocycles. The smallest absolute Gasteiger partial charge is 0.0635 e. The van der Waals surface area contributed by atoms with Crippen molar-refractivity contribution in [2.45, 2.75) is 32.1 Å². The molecule has 3 heterocycles. The van der Waals surface area contributed by atoms with Crippen LogP contribution in [0.15, 0.2) is 48.5 Å². The zero-order valence-corrected chi connectivity index (χ0v) is 15.2. The fourth-order valence-electron chi connectivity index (χ4n) is 4.87. The fourth-order valence-corrected chi connectivity index (χ4v) is 4.87. The number of rotatable bonds is 1. The molecule has 25 heavy (non-hydrogen) atoms. The molecule has 3 heteroatoms. The highest BCUT2D eigenvalue weighted by Crippen LogP contribution is 2.44. The largest absolute Gasteiger partial charge is 0.341 e. The van der Waals surface area contributed by atoms with Crippen molar-refractivity contribution in [2.24, 2.45) is 0 Å². The van der Waals surface area contributed by atoms with Crippen LogP contribution in [0.2, 0.25) is 0 Å². The molecule has 0 amide bonds. The monoisotopic (exact) mass is 331 g/mol. The van der Waals surface area contributed by atoms with Crippen LogP contribution >= 0.6 is 0 Å². The van der Waals surface area contributed by atoms with E-state index in [0.29, 0.717) is 12.1 Å². The average molecular weight is 331 g/mol. The molecule has 1 aromatic heterocycles. The minimum absolute atomic E-state index is 0.426. The van der Waals surface area contributed by atoms with E-state index in [1.807, 2.05) is 0 Å². The maximum absolute atomic E-state index is 2.61. The predicted octanol–water partition coefficient (Wildman–Crippen LogP) is 4.12. The van der Waals surface area contributed by atoms with Crippen molar-refractivity contribution in [3.63, 3.8) is 0 Å². The predicted molar refractivity (Wildman–Crippen MR) is 103 cm³/mol. The van der Waals surface area contributed by atoms with Gasteiger partial charge in [-0.25, -0.2) is 0 Å². The van der Waals surface area contributed by atoms with Gasteiger partial charge in [-0.1, -0.05) is 42.0 Å². The summed E-state index contributed by atoms with van der Waals surface area (Å²) in [4.78, 5) is 5.07. The number of benzene rings is 2. The Bertz CT molecular complexity index is 941. The van der Waals surface area contributed by atoms with E-state index in [1.54, 1.807) is 5.69 Å². The van der Waals surface area contributed by atoms with Crippen LogP contribution in [0.1, 0.15) is 34.5 Å². The summed E-state index contributed by atoms with van der Waals surface area (Å²) < 4.78 is 2.61. The third kappa shape index (κ3) is 2.19. The third-order valence-corrected chi connectivity index (χ3v) is 6.12. The van der Waals surface area contributed by atoms with Crippen molar-refractivity contribution in [3.8, 4) is 0 Å². The van der Waals surface area contributed by atoms with Crippen LogP contribution in [0, 0.1) is 6.92 Å². The molecular weight excluding hydrogens is 306 g/mol. The summed E-state index contributed by atoms with van der Waals surface area (Å²) in [6.45, 7) is 5.39. The maximum Gasteiger partial charge on any atom is 0.0635 e. The van der Waals surface area contributed by atoms with Gasteiger partial charge in [-0.15, -0.1) is 0 Å². The Balaban J connectivity index is 1.74. The van der Waals surface area contributed by atoms with E-state index in [0.717, 1.165) is 19.6 Å². The first-order valence-corrected chi connectivity index (χ1v) is 9.20. The molecule has 2 aliphatic heterocycles. The molecule has 0 fully saturated rings. The van der Waals surface area contributed by atoms with E-state index in [4.69, 9.17) is 0 Å². The van der Waals surface area contributed by atoms with Gasteiger partial charge in [-0.2, -0.15) is 0 Å². The lowest BCUT2D eigenvalue weighted by Gasteiger charge is -2.45. The standard InChI is InChI=1S/C22H25N3/c1-15-9-10-19-17(11-15)18-12-23(2)13-21-22(18)25(19)14-20(24(21)3)16-7-5-4-6-8-16/h4-11,20-21H,12-14H2,1-3H3. The SMILES string of the molecule is Cc1ccc2c(c1)c1c3n2CC(c2ccccc2)N(C)C3CN(C)C1. The van der Waals surface area contributed by atoms with Crippen molar-refractivity contribution in [3.05, 3.63) is 70.9 Å². The molecule has 0 radical (unpaired) electrons. The van der Waals surface area contributed by atoms with Crippen molar-refractivity contribution >= 4 is 10.9 Å². The molecule has 0 N–H and O–H groups in total. The van der Waals surface area contributed by atoms with E-state index < -0.39 is 0 Å². The molecular formula is C22H25N3. The lowest BCUT2D eigenvalue weighted by Crippen LogP contribution is -2.45. The number of likely N-dealkylation sites (N-methyl/N-ethyl adjacent to an activating group) is 2. The molecule has 0 saturated carbocycles. The van der Waals surface area contributed by atoms with Crippen LogP contribution in [-0.2, 0) is 13.1 Å². The molecule has 5 rings (SSSR count). The second-order valence-electron chi connectivity index (χ2n) is 7.80. The highest BCUT2D eigenvalue weighted by molar-refractivity contribution is 5.87. The number of hydrogen-bond acceptors (Lipinski definition) is 2. The fraction of sp³-hybridized carbons (Fsp3) is 0.364. The van der Waals surface area contributed by atoms with E-state index in [1.165, 1.54) is 27.6 Å². The van der Waals surface area contributed by atoms with Gasteiger partial charge >= 0.3 is 0 Å². The van der Waals surface area contributed by atoms with Crippen molar-refractivity contribution in [1.82, 2.24) is 14.4 Å². The summed E-state index contributed by atoms with van der Waals surface area (Å²) in [6, 6.07) is 18.8. The highest BCUT2D eigenvalue weighted by atomic mass is 15.3. The summed E-state index contributed by atoms with van der Waals surface area (Å²) in [7, 11) is 4.56. The van der Waals surface area contributed by atoms with Crippen LogP contribution < -0.4 is 0 Å². The van der Waals surface area contributed by atoms with Gasteiger partial charge in [0.1, 0.15) is 0 Å². The minimum Gasteiger partial charge on any atom is -0.341 e. The second kappa shape index (κ2) is 5.45. The van der Waals surface area contributed by atoms with Crippen LogP contribution in [0.25, 0.3) is 10.9 Å². The van der Waals surface area contributed by atoms with Crippen LogP contribution in [-0.4, -0.2) is 35.0 Å². The lowest BCUT2D eigenvalue weighted by atomic mass is 9.94. The van der Waals surface area contributed by atoms with E-state index in [2.05, 4.69) is 83.9 Å². The van der Waals surface area contributed by atoms with Gasteiger partial charge in [0.15, 0.2) is 0 Å². The summed E-state index contributed by atoms with van der Waals surface area (Å²) in [5.74, 6) is 0. The van der Waals surface area contributed by atoms with Crippen molar-refractivity contribution in [1.29, 1.82) is 0 Å². The molecule has 2 aliphatic rings. The average Bonchev–Trinajstić information content (AvgIpc) is 2.92. The molecule has 3 aromatic rings. The van der Waals surface area contributed by atoms with Gasteiger partial charge in [0.25, 0.3) is 0 Å². The van der Waals surface area contributed by atoms with Crippen molar-refractivity contribution < 1.29 is 0 Å². The van der Waals surface area contributed by atoms with Crippen LogP contribution in [0.4, 0.5) is 0 Å². The lowest BCUT2D eigenvalue weighted by molar-refractivity contribution is 0.0805. The normalized spacial score (nSPS) is 23.8. The zero-order valence-electron chi connectivity index (χ0n) is 15.2. The summed E-state index contributed by atoms with van der Waals surface area (Å²) in [5, 5.41) is 1.45. The molecule has 2 atom stereocenters. The summed E-state index contributed by atoms with van der Waals surface area (Å²) >= 11 is 0. The molecule has 2 unspecified atom stereocenters. The van der Waals surface area contributed by atoms with Gasteiger partial charge < -0.3 is 9.47 Å². The molecule has 0 bridgehead atoms. The Labute approximate surface area is 149 Å². The first-order chi connectivity index (χ1) is 12.1. The molecule has 3 nitrogen and oxygen atoms in total. The number of fused-ring (bicyclic) bond motifs is 3. The quantitative estimate of drug-likeness (QED) is 0.664. The van der Waals surface area contributed by atoms with Gasteiger partial charge in [-0.05, 0) is 44.3 Å². The first kappa shape index (κ1) is 15.2. The number of aryl methyl sites for hydroxylation is 1. The minimum atomic E-state index is 0.426. The van der Waals surface area contributed by atoms with Crippen LogP contribution in [0.5, 0.6) is 0 Å². The van der Waals surface area contributed by atoms with Gasteiger partial charge in [-0.3, -0.25) is 4.90 Å². The molecule has 128 valence electrons. The Kier molecular flexibility index (Phi) is 3.31. The van der Waals surface area contributed by atoms with Crippen molar-refractivity contribution in [2.75, 3.05) is 20.6 Å². The van der Waals surface area contributed by atoms with Gasteiger partial charge in [0.05, 0.1) is 12.1 Å². The molecule has 0 saturated heterocycles. The first-order valence-electron chi connectivity index (χ1n) is 9.20. The third-order valence-electron chi connectivity index (χ3n) is 6.12. The highest BCUT2D eigenvalue weighted by Gasteiger charge is 2.39. The van der Waals surface area contributed by atoms with E-state index in [9.17, 15) is 0 Å². The van der Waals surface area contributed by atoms with E-state index >= 15 is 0 Å². The summed E-state index contributed by atoms with van der Waals surface area (Å²) in [5.41, 5.74) is 7.26. The Morgan fingerprint density at radius 2 is 1.72 bits per heavy atom. The Hall–Kier alpha value is -2.10.